The molecule has 0 fully saturated rings. The van der Waals surface area contributed by atoms with E-state index in [9.17, 15) is 13.2 Å². The van der Waals surface area contributed by atoms with Gasteiger partial charge < -0.3 is 9.84 Å². The smallest absolute Gasteiger partial charge is 0.341 e. The van der Waals surface area contributed by atoms with Gasteiger partial charge in [-0.15, -0.1) is 0 Å². The van der Waals surface area contributed by atoms with Gasteiger partial charge in [0.2, 0.25) is 10.0 Å². The van der Waals surface area contributed by atoms with E-state index in [4.69, 9.17) is 15.0 Å². The Morgan fingerprint density at radius 2 is 2.11 bits per heavy atom. The zero-order valence-electron chi connectivity index (χ0n) is 10.8. The second-order valence-electron chi connectivity index (χ2n) is 4.24. The molecule has 1 aromatic carbocycles. The molecule has 1 rings (SSSR count). The van der Waals surface area contributed by atoms with Gasteiger partial charge in [0.05, 0.1) is 4.90 Å². The standard InChI is InChI=1S/C12H17NO5S/c1-3-8(2)10-6-9(19(13,16)17)4-5-11(10)18-7-12(14)15/h4-6,8H,3,7H2,1-2H3,(H,14,15)(H2,13,16,17). The summed E-state index contributed by atoms with van der Waals surface area (Å²) in [5.74, 6) is -0.694. The monoisotopic (exact) mass is 287 g/mol. The zero-order valence-corrected chi connectivity index (χ0v) is 11.6. The Balaban J connectivity index is 3.20. The first-order valence-electron chi connectivity index (χ1n) is 5.77. The number of aliphatic carboxylic acids is 1. The Hall–Kier alpha value is -1.60. The Labute approximate surface area is 112 Å². The van der Waals surface area contributed by atoms with Crippen LogP contribution in [0.15, 0.2) is 23.1 Å². The highest BCUT2D eigenvalue weighted by atomic mass is 32.2. The highest BCUT2D eigenvalue weighted by Gasteiger charge is 2.16. The van der Waals surface area contributed by atoms with Crippen molar-refractivity contribution < 1.29 is 23.1 Å². The van der Waals surface area contributed by atoms with Gasteiger partial charge in [0.25, 0.3) is 0 Å². The van der Waals surface area contributed by atoms with Crippen LogP contribution >= 0.6 is 0 Å². The first kappa shape index (κ1) is 15.5. The summed E-state index contributed by atoms with van der Waals surface area (Å²) in [6, 6.07) is 4.17. The van der Waals surface area contributed by atoms with Crippen molar-refractivity contribution in [3.8, 4) is 5.75 Å². The number of benzene rings is 1. The van der Waals surface area contributed by atoms with Crippen LogP contribution in [0.1, 0.15) is 31.7 Å². The minimum Gasteiger partial charge on any atom is -0.482 e. The fraction of sp³-hybridized carbons (Fsp3) is 0.417. The average molecular weight is 287 g/mol. The van der Waals surface area contributed by atoms with Crippen LogP contribution in [-0.4, -0.2) is 26.1 Å². The van der Waals surface area contributed by atoms with Crippen LogP contribution in [0, 0.1) is 0 Å². The van der Waals surface area contributed by atoms with Crippen LogP contribution in [0.2, 0.25) is 0 Å². The summed E-state index contributed by atoms with van der Waals surface area (Å²) in [7, 11) is -3.79. The Morgan fingerprint density at radius 3 is 2.58 bits per heavy atom. The van der Waals surface area contributed by atoms with Gasteiger partial charge in [-0.25, -0.2) is 18.4 Å². The summed E-state index contributed by atoms with van der Waals surface area (Å²) < 4.78 is 27.8. The molecule has 6 nitrogen and oxygen atoms in total. The minimum atomic E-state index is -3.79. The molecule has 1 atom stereocenters. The molecule has 106 valence electrons. The number of nitrogens with two attached hydrogens (primary N) is 1. The number of carbonyl (C=O) groups is 1. The molecule has 0 radical (unpaired) electrons. The summed E-state index contributed by atoms with van der Waals surface area (Å²) in [4.78, 5) is 10.5. The van der Waals surface area contributed by atoms with E-state index in [1.54, 1.807) is 0 Å². The van der Waals surface area contributed by atoms with E-state index in [0.717, 1.165) is 6.42 Å². The Kier molecular flexibility index (Phi) is 4.90. The number of carboxylic acids is 1. The van der Waals surface area contributed by atoms with Crippen molar-refractivity contribution >= 4 is 16.0 Å². The molecule has 0 aromatic heterocycles. The van der Waals surface area contributed by atoms with Crippen LogP contribution in [-0.2, 0) is 14.8 Å². The molecular weight excluding hydrogens is 270 g/mol. The maximum atomic E-state index is 11.3. The van der Waals surface area contributed by atoms with Crippen LogP contribution in [0.25, 0.3) is 0 Å². The van der Waals surface area contributed by atoms with Crippen LogP contribution < -0.4 is 9.88 Å². The van der Waals surface area contributed by atoms with E-state index in [0.29, 0.717) is 11.3 Å². The van der Waals surface area contributed by atoms with Gasteiger partial charge in [-0.1, -0.05) is 13.8 Å². The van der Waals surface area contributed by atoms with E-state index in [2.05, 4.69) is 0 Å². The van der Waals surface area contributed by atoms with Crippen molar-refractivity contribution in [1.29, 1.82) is 0 Å². The van der Waals surface area contributed by atoms with Crippen molar-refractivity contribution in [2.24, 2.45) is 5.14 Å². The van der Waals surface area contributed by atoms with Crippen molar-refractivity contribution in [2.45, 2.75) is 31.1 Å². The van der Waals surface area contributed by atoms with E-state index in [1.165, 1.54) is 18.2 Å². The number of ether oxygens (including phenoxy) is 1. The molecule has 0 amide bonds. The largest absolute Gasteiger partial charge is 0.482 e. The molecule has 7 heteroatoms. The van der Waals surface area contributed by atoms with Gasteiger partial charge in [0.15, 0.2) is 6.61 Å². The lowest BCUT2D eigenvalue weighted by Gasteiger charge is -2.16. The number of hydrogen-bond acceptors (Lipinski definition) is 4. The third kappa shape index (κ3) is 4.22. The summed E-state index contributed by atoms with van der Waals surface area (Å²) in [6.45, 7) is 3.36. The molecule has 0 aliphatic heterocycles. The lowest BCUT2D eigenvalue weighted by atomic mass is 9.98. The molecule has 0 heterocycles. The number of primary sulfonamides is 1. The molecule has 3 N–H and O–H groups in total. The second kappa shape index (κ2) is 6.03. The highest BCUT2D eigenvalue weighted by molar-refractivity contribution is 7.89. The third-order valence-electron chi connectivity index (χ3n) is 2.80. The lowest BCUT2D eigenvalue weighted by Crippen LogP contribution is -2.14. The fourth-order valence-electron chi connectivity index (χ4n) is 1.58. The summed E-state index contributed by atoms with van der Waals surface area (Å²) in [6.07, 6.45) is 0.761. The molecule has 0 spiro atoms. The second-order valence-corrected chi connectivity index (χ2v) is 5.80. The molecule has 0 bridgehead atoms. The lowest BCUT2D eigenvalue weighted by molar-refractivity contribution is -0.139. The molecule has 0 saturated heterocycles. The van der Waals surface area contributed by atoms with Crippen molar-refractivity contribution in [1.82, 2.24) is 0 Å². The van der Waals surface area contributed by atoms with Gasteiger partial charge in [0.1, 0.15) is 5.75 Å². The topological polar surface area (TPSA) is 107 Å². The van der Waals surface area contributed by atoms with Gasteiger partial charge in [-0.2, -0.15) is 0 Å². The molecular formula is C12H17NO5S. The van der Waals surface area contributed by atoms with Crippen molar-refractivity contribution in [3.05, 3.63) is 23.8 Å². The number of carboxylic acid groups (broad SMARTS) is 1. The molecule has 1 unspecified atom stereocenters. The SMILES string of the molecule is CCC(C)c1cc(S(N)(=O)=O)ccc1OCC(=O)O. The summed E-state index contributed by atoms with van der Waals surface area (Å²) in [5, 5.41) is 13.7. The Bertz CT molecular complexity index is 567. The summed E-state index contributed by atoms with van der Waals surface area (Å²) >= 11 is 0. The van der Waals surface area contributed by atoms with Crippen molar-refractivity contribution in [3.63, 3.8) is 0 Å². The normalized spacial score (nSPS) is 13.0. The van der Waals surface area contributed by atoms with Gasteiger partial charge in [-0.3, -0.25) is 0 Å². The molecule has 0 saturated carbocycles. The molecule has 1 aromatic rings. The van der Waals surface area contributed by atoms with E-state index < -0.39 is 22.6 Å². The highest BCUT2D eigenvalue weighted by Crippen LogP contribution is 2.30. The maximum Gasteiger partial charge on any atom is 0.341 e. The van der Waals surface area contributed by atoms with Crippen molar-refractivity contribution in [2.75, 3.05) is 6.61 Å². The molecule has 0 aliphatic carbocycles. The van der Waals surface area contributed by atoms with Crippen LogP contribution in [0.4, 0.5) is 0 Å². The Morgan fingerprint density at radius 1 is 1.47 bits per heavy atom. The molecule has 0 aliphatic rings. The average Bonchev–Trinajstić information content (AvgIpc) is 2.34. The quantitative estimate of drug-likeness (QED) is 0.820. The third-order valence-corrected chi connectivity index (χ3v) is 3.72. The fourth-order valence-corrected chi connectivity index (χ4v) is 2.13. The first-order valence-corrected chi connectivity index (χ1v) is 7.31. The van der Waals surface area contributed by atoms with E-state index >= 15 is 0 Å². The van der Waals surface area contributed by atoms with Gasteiger partial charge in [-0.05, 0) is 36.1 Å². The van der Waals surface area contributed by atoms with E-state index in [1.807, 2.05) is 13.8 Å². The zero-order chi connectivity index (χ0) is 14.6. The minimum absolute atomic E-state index is 0.00882. The number of rotatable bonds is 6. The van der Waals surface area contributed by atoms with Gasteiger partial charge in [0, 0.05) is 0 Å². The van der Waals surface area contributed by atoms with Crippen LogP contribution in [0.3, 0.4) is 0 Å². The summed E-state index contributed by atoms with van der Waals surface area (Å²) in [5.41, 5.74) is 0.635. The predicted octanol–water partition coefficient (Wildman–Crippen LogP) is 1.31. The number of sulfonamides is 1. The predicted molar refractivity (Wildman–Crippen MR) is 69.7 cm³/mol. The maximum absolute atomic E-state index is 11.3. The first-order chi connectivity index (χ1) is 8.75. The van der Waals surface area contributed by atoms with Gasteiger partial charge >= 0.3 is 5.97 Å². The van der Waals surface area contributed by atoms with E-state index in [-0.39, 0.29) is 10.8 Å². The van der Waals surface area contributed by atoms with Crippen LogP contribution in [0.5, 0.6) is 5.75 Å². The molecule has 19 heavy (non-hydrogen) atoms. The number of hydrogen-bond donors (Lipinski definition) is 2.